The number of carbonyl (C=O) groups excluding carboxylic acids is 1. The van der Waals surface area contributed by atoms with Gasteiger partial charge in [0.2, 0.25) is 0 Å². The van der Waals surface area contributed by atoms with Gasteiger partial charge in [0.05, 0.1) is 0 Å². The highest BCUT2D eigenvalue weighted by Gasteiger charge is 2.06. The fraction of sp³-hybridized carbons (Fsp3) is 0.353. The minimum Gasteiger partial charge on any atom is -0.370 e. The maximum absolute atomic E-state index is 12.2. The molecule has 2 N–H and O–H groups in total. The van der Waals surface area contributed by atoms with E-state index in [0.29, 0.717) is 12.1 Å². The summed E-state index contributed by atoms with van der Waals surface area (Å²) in [6, 6.07) is 7.28. The van der Waals surface area contributed by atoms with E-state index in [1.807, 2.05) is 12.1 Å². The van der Waals surface area contributed by atoms with Crippen molar-refractivity contribution < 1.29 is 4.79 Å². The molecule has 0 saturated carbocycles. The fourth-order valence-electron chi connectivity index (χ4n) is 2.05. The number of anilines is 1. The number of pyridine rings is 2. The van der Waals surface area contributed by atoms with Gasteiger partial charge in [-0.3, -0.25) is 9.78 Å². The molecule has 22 heavy (non-hydrogen) atoms. The van der Waals surface area contributed by atoms with Crippen molar-refractivity contribution in [2.24, 2.45) is 0 Å². The molecule has 0 aromatic carbocycles. The molecule has 0 aliphatic heterocycles. The number of unbranched alkanes of at least 4 members (excludes halogenated alkanes) is 2. The van der Waals surface area contributed by atoms with E-state index < -0.39 is 0 Å². The molecule has 2 rings (SSSR count). The van der Waals surface area contributed by atoms with Crippen LogP contribution in [0.15, 0.2) is 42.9 Å². The van der Waals surface area contributed by atoms with Crippen LogP contribution < -0.4 is 10.6 Å². The van der Waals surface area contributed by atoms with Crippen LogP contribution >= 0.6 is 0 Å². The molecule has 0 aliphatic carbocycles. The van der Waals surface area contributed by atoms with Crippen molar-refractivity contribution in [3.63, 3.8) is 0 Å². The Morgan fingerprint density at radius 1 is 1.23 bits per heavy atom. The smallest absolute Gasteiger partial charge is 0.251 e. The standard InChI is InChI=1S/C17H22N4O/c1-2-3-4-9-19-16-11-15(7-10-20-16)17(22)21-13-14-6-5-8-18-12-14/h5-8,10-12H,2-4,9,13H2,1H3,(H,19,20)(H,21,22). The van der Waals surface area contributed by atoms with E-state index in [2.05, 4.69) is 27.5 Å². The SMILES string of the molecule is CCCCCNc1cc(C(=O)NCc2cccnc2)ccn1. The lowest BCUT2D eigenvalue weighted by Crippen LogP contribution is -2.23. The Bertz CT molecular complexity index is 586. The molecule has 0 aliphatic rings. The summed E-state index contributed by atoms with van der Waals surface area (Å²) in [7, 11) is 0. The highest BCUT2D eigenvalue weighted by Crippen LogP contribution is 2.08. The Balaban J connectivity index is 1.86. The van der Waals surface area contributed by atoms with Crippen molar-refractivity contribution in [3.05, 3.63) is 54.0 Å². The van der Waals surface area contributed by atoms with Crippen LogP contribution in [0.2, 0.25) is 0 Å². The summed E-state index contributed by atoms with van der Waals surface area (Å²) in [6.07, 6.45) is 8.60. The zero-order valence-electron chi connectivity index (χ0n) is 12.9. The van der Waals surface area contributed by atoms with E-state index in [0.717, 1.165) is 24.3 Å². The van der Waals surface area contributed by atoms with Crippen LogP contribution in [-0.2, 0) is 6.54 Å². The fourth-order valence-corrected chi connectivity index (χ4v) is 2.05. The van der Waals surface area contributed by atoms with Gasteiger partial charge in [-0.05, 0) is 30.2 Å². The maximum Gasteiger partial charge on any atom is 0.251 e. The molecule has 5 heteroatoms. The van der Waals surface area contributed by atoms with Crippen molar-refractivity contribution in [1.29, 1.82) is 0 Å². The first kappa shape index (κ1) is 15.9. The third kappa shape index (κ3) is 5.16. The molecule has 2 aromatic heterocycles. The van der Waals surface area contributed by atoms with Crippen molar-refractivity contribution in [1.82, 2.24) is 15.3 Å². The van der Waals surface area contributed by atoms with Crippen molar-refractivity contribution in [2.45, 2.75) is 32.7 Å². The lowest BCUT2D eigenvalue weighted by molar-refractivity contribution is 0.0951. The molecule has 2 heterocycles. The van der Waals surface area contributed by atoms with Gasteiger partial charge < -0.3 is 10.6 Å². The van der Waals surface area contributed by atoms with Crippen LogP contribution in [0.3, 0.4) is 0 Å². The minimum atomic E-state index is -0.108. The van der Waals surface area contributed by atoms with E-state index in [4.69, 9.17) is 0 Å². The molecule has 0 fully saturated rings. The Hall–Kier alpha value is -2.43. The first-order valence-electron chi connectivity index (χ1n) is 7.66. The van der Waals surface area contributed by atoms with Gasteiger partial charge in [0.25, 0.3) is 5.91 Å². The van der Waals surface area contributed by atoms with Gasteiger partial charge in [-0.15, -0.1) is 0 Å². The predicted octanol–water partition coefficient (Wildman–Crippen LogP) is 3.01. The van der Waals surface area contributed by atoms with Gasteiger partial charge in [-0.2, -0.15) is 0 Å². The number of carbonyl (C=O) groups is 1. The topological polar surface area (TPSA) is 66.9 Å². The third-order valence-electron chi connectivity index (χ3n) is 3.28. The lowest BCUT2D eigenvalue weighted by Gasteiger charge is -2.08. The number of amides is 1. The summed E-state index contributed by atoms with van der Waals surface area (Å²) in [5, 5.41) is 6.13. The molecule has 1 amide bonds. The van der Waals surface area contributed by atoms with E-state index in [1.54, 1.807) is 30.7 Å². The van der Waals surface area contributed by atoms with Crippen LogP contribution in [0.4, 0.5) is 5.82 Å². The Morgan fingerprint density at radius 2 is 2.14 bits per heavy atom. The summed E-state index contributed by atoms with van der Waals surface area (Å²) in [5.41, 5.74) is 1.58. The van der Waals surface area contributed by atoms with Gasteiger partial charge in [-0.1, -0.05) is 25.8 Å². The summed E-state index contributed by atoms with van der Waals surface area (Å²) in [5.74, 6) is 0.632. The third-order valence-corrected chi connectivity index (χ3v) is 3.28. The van der Waals surface area contributed by atoms with Gasteiger partial charge in [0, 0.05) is 37.2 Å². The van der Waals surface area contributed by atoms with Gasteiger partial charge in [0.1, 0.15) is 5.82 Å². The van der Waals surface area contributed by atoms with Crippen LogP contribution in [0.25, 0.3) is 0 Å². The Morgan fingerprint density at radius 3 is 2.91 bits per heavy atom. The second-order valence-electron chi connectivity index (χ2n) is 5.11. The average Bonchev–Trinajstić information content (AvgIpc) is 2.58. The molecule has 0 unspecified atom stereocenters. The number of nitrogens with one attached hydrogen (secondary N) is 2. The predicted molar refractivity (Wildman–Crippen MR) is 87.7 cm³/mol. The van der Waals surface area contributed by atoms with Gasteiger partial charge >= 0.3 is 0 Å². The summed E-state index contributed by atoms with van der Waals surface area (Å²) in [4.78, 5) is 20.4. The van der Waals surface area contributed by atoms with E-state index in [9.17, 15) is 4.79 Å². The maximum atomic E-state index is 12.2. The second kappa shape index (κ2) is 8.77. The summed E-state index contributed by atoms with van der Waals surface area (Å²) < 4.78 is 0. The van der Waals surface area contributed by atoms with E-state index in [-0.39, 0.29) is 5.91 Å². The highest BCUT2D eigenvalue weighted by molar-refractivity contribution is 5.94. The monoisotopic (exact) mass is 298 g/mol. The number of hydrogen-bond donors (Lipinski definition) is 2. The van der Waals surface area contributed by atoms with Crippen molar-refractivity contribution in [3.8, 4) is 0 Å². The number of rotatable bonds is 8. The van der Waals surface area contributed by atoms with Gasteiger partial charge in [-0.25, -0.2) is 4.98 Å². The van der Waals surface area contributed by atoms with Crippen LogP contribution in [0.5, 0.6) is 0 Å². The zero-order chi connectivity index (χ0) is 15.6. The normalized spacial score (nSPS) is 10.2. The molecule has 5 nitrogen and oxygen atoms in total. The number of hydrogen-bond acceptors (Lipinski definition) is 4. The molecule has 116 valence electrons. The lowest BCUT2D eigenvalue weighted by atomic mass is 10.2. The molecule has 0 saturated heterocycles. The van der Waals surface area contributed by atoms with Crippen molar-refractivity contribution >= 4 is 11.7 Å². The van der Waals surface area contributed by atoms with E-state index in [1.165, 1.54) is 12.8 Å². The van der Waals surface area contributed by atoms with Crippen molar-refractivity contribution in [2.75, 3.05) is 11.9 Å². The minimum absolute atomic E-state index is 0.108. The van der Waals surface area contributed by atoms with E-state index >= 15 is 0 Å². The molecule has 0 radical (unpaired) electrons. The molecule has 0 bridgehead atoms. The van der Waals surface area contributed by atoms with Crippen LogP contribution in [0.1, 0.15) is 42.1 Å². The number of nitrogens with zero attached hydrogens (tertiary/aromatic N) is 2. The summed E-state index contributed by atoms with van der Waals surface area (Å²) in [6.45, 7) is 3.52. The highest BCUT2D eigenvalue weighted by atomic mass is 16.1. The average molecular weight is 298 g/mol. The molecular weight excluding hydrogens is 276 g/mol. The van der Waals surface area contributed by atoms with Crippen LogP contribution in [-0.4, -0.2) is 22.4 Å². The zero-order valence-corrected chi connectivity index (χ0v) is 12.9. The van der Waals surface area contributed by atoms with Crippen LogP contribution in [0, 0.1) is 0 Å². The molecule has 0 atom stereocenters. The first-order chi connectivity index (χ1) is 10.8. The first-order valence-corrected chi connectivity index (χ1v) is 7.66. The van der Waals surface area contributed by atoms with Gasteiger partial charge in [0.15, 0.2) is 0 Å². The Labute approximate surface area is 131 Å². The summed E-state index contributed by atoms with van der Waals surface area (Å²) >= 11 is 0. The second-order valence-corrected chi connectivity index (χ2v) is 5.11. The number of aromatic nitrogens is 2. The quantitative estimate of drug-likeness (QED) is 0.735. The molecular formula is C17H22N4O. The largest absolute Gasteiger partial charge is 0.370 e. The molecule has 0 spiro atoms. The Kier molecular flexibility index (Phi) is 6.36. The molecule has 2 aromatic rings.